The lowest BCUT2D eigenvalue weighted by molar-refractivity contribution is -0.126. The molecular weight excluding hydrogens is 316 g/mol. The van der Waals surface area contributed by atoms with Crippen LogP contribution in [0.1, 0.15) is 17.4 Å². The van der Waals surface area contributed by atoms with E-state index in [9.17, 15) is 9.59 Å². The lowest BCUT2D eigenvalue weighted by Crippen LogP contribution is -2.55. The number of benzene rings is 1. The SMILES string of the molecule is C=CCNC(=O)C(C)N1CCN(C(=O)c2cc3ccccc3[nH]2)CC1. The number of aromatic nitrogens is 1. The van der Waals surface area contributed by atoms with Gasteiger partial charge in [0, 0.05) is 43.6 Å². The van der Waals surface area contributed by atoms with Gasteiger partial charge in [-0.15, -0.1) is 6.58 Å². The van der Waals surface area contributed by atoms with E-state index in [1.165, 1.54) is 0 Å². The Morgan fingerprint density at radius 3 is 2.68 bits per heavy atom. The summed E-state index contributed by atoms with van der Waals surface area (Å²) in [4.78, 5) is 31.9. The van der Waals surface area contributed by atoms with E-state index in [0.717, 1.165) is 10.9 Å². The van der Waals surface area contributed by atoms with Crippen LogP contribution in [0.2, 0.25) is 0 Å². The molecule has 132 valence electrons. The monoisotopic (exact) mass is 340 g/mol. The fourth-order valence-electron chi connectivity index (χ4n) is 3.16. The number of H-pyrrole nitrogens is 1. The number of hydrogen-bond donors (Lipinski definition) is 2. The number of aromatic amines is 1. The van der Waals surface area contributed by atoms with E-state index in [0.29, 0.717) is 38.4 Å². The van der Waals surface area contributed by atoms with Crippen LogP contribution >= 0.6 is 0 Å². The largest absolute Gasteiger partial charge is 0.351 e. The van der Waals surface area contributed by atoms with Gasteiger partial charge in [0.1, 0.15) is 5.69 Å². The molecule has 2 heterocycles. The van der Waals surface area contributed by atoms with Gasteiger partial charge >= 0.3 is 0 Å². The Kier molecular flexibility index (Phi) is 5.19. The smallest absolute Gasteiger partial charge is 0.270 e. The third kappa shape index (κ3) is 3.74. The van der Waals surface area contributed by atoms with Crippen LogP contribution in [0, 0.1) is 0 Å². The predicted octanol–water partition coefficient (Wildman–Crippen LogP) is 1.62. The minimum atomic E-state index is -0.203. The maximum atomic E-state index is 12.7. The molecule has 1 atom stereocenters. The van der Waals surface area contributed by atoms with Crippen LogP contribution in [0.4, 0.5) is 0 Å². The van der Waals surface area contributed by atoms with Crippen LogP contribution in [-0.2, 0) is 4.79 Å². The number of piperazine rings is 1. The highest BCUT2D eigenvalue weighted by Gasteiger charge is 2.28. The molecular formula is C19H24N4O2. The van der Waals surface area contributed by atoms with Crippen LogP contribution < -0.4 is 5.32 Å². The molecule has 6 nitrogen and oxygen atoms in total. The van der Waals surface area contributed by atoms with Crippen molar-refractivity contribution in [2.75, 3.05) is 32.7 Å². The lowest BCUT2D eigenvalue weighted by Gasteiger charge is -2.37. The van der Waals surface area contributed by atoms with Crippen molar-refractivity contribution < 1.29 is 9.59 Å². The van der Waals surface area contributed by atoms with Crippen LogP contribution in [0.25, 0.3) is 10.9 Å². The van der Waals surface area contributed by atoms with Gasteiger partial charge in [-0.25, -0.2) is 0 Å². The number of rotatable bonds is 5. The maximum Gasteiger partial charge on any atom is 0.270 e. The number of nitrogens with one attached hydrogen (secondary N) is 2. The molecule has 1 aromatic heterocycles. The number of fused-ring (bicyclic) bond motifs is 1. The molecule has 0 bridgehead atoms. The van der Waals surface area contributed by atoms with Crippen molar-refractivity contribution in [2.45, 2.75) is 13.0 Å². The minimum Gasteiger partial charge on any atom is -0.351 e. The van der Waals surface area contributed by atoms with E-state index in [2.05, 4.69) is 21.8 Å². The van der Waals surface area contributed by atoms with Crippen LogP contribution in [0.3, 0.4) is 0 Å². The molecule has 6 heteroatoms. The third-order valence-electron chi connectivity index (χ3n) is 4.71. The number of carbonyl (C=O) groups is 2. The Labute approximate surface area is 147 Å². The van der Waals surface area contributed by atoms with Crippen molar-refractivity contribution in [3.05, 3.63) is 48.7 Å². The Morgan fingerprint density at radius 2 is 2.00 bits per heavy atom. The molecule has 1 aliphatic rings. The number of amides is 2. The first-order valence-electron chi connectivity index (χ1n) is 8.60. The Bertz CT molecular complexity index is 742. The molecule has 2 N–H and O–H groups in total. The molecule has 0 spiro atoms. The van der Waals surface area contributed by atoms with Gasteiger partial charge < -0.3 is 15.2 Å². The van der Waals surface area contributed by atoms with E-state index in [1.54, 1.807) is 6.08 Å². The second-order valence-corrected chi connectivity index (χ2v) is 6.31. The van der Waals surface area contributed by atoms with Gasteiger partial charge in [-0.2, -0.15) is 0 Å². The summed E-state index contributed by atoms with van der Waals surface area (Å²) < 4.78 is 0. The molecule has 25 heavy (non-hydrogen) atoms. The first kappa shape index (κ1) is 17.2. The molecule has 1 aliphatic heterocycles. The Balaban J connectivity index is 1.59. The summed E-state index contributed by atoms with van der Waals surface area (Å²) in [6.45, 7) is 8.59. The quantitative estimate of drug-likeness (QED) is 0.813. The normalized spacial score (nSPS) is 16.6. The van der Waals surface area contributed by atoms with E-state index in [1.807, 2.05) is 42.2 Å². The lowest BCUT2D eigenvalue weighted by atomic mass is 10.2. The zero-order valence-corrected chi connectivity index (χ0v) is 14.5. The second kappa shape index (κ2) is 7.53. The summed E-state index contributed by atoms with van der Waals surface area (Å²) >= 11 is 0. The van der Waals surface area contributed by atoms with Gasteiger partial charge in [-0.1, -0.05) is 24.3 Å². The van der Waals surface area contributed by atoms with E-state index in [-0.39, 0.29) is 17.9 Å². The molecule has 1 aromatic carbocycles. The number of hydrogen-bond acceptors (Lipinski definition) is 3. The van der Waals surface area contributed by atoms with Crippen molar-refractivity contribution in [3.63, 3.8) is 0 Å². The zero-order valence-electron chi connectivity index (χ0n) is 14.5. The molecule has 1 fully saturated rings. The maximum absolute atomic E-state index is 12.7. The van der Waals surface area contributed by atoms with Gasteiger partial charge in [0.25, 0.3) is 5.91 Å². The van der Waals surface area contributed by atoms with Crippen LogP contribution in [0.5, 0.6) is 0 Å². The average Bonchev–Trinajstić information content (AvgIpc) is 3.09. The van der Waals surface area contributed by atoms with E-state index in [4.69, 9.17) is 0 Å². The van der Waals surface area contributed by atoms with Crippen molar-refractivity contribution in [1.29, 1.82) is 0 Å². The standard InChI is InChI=1S/C19H24N4O2/c1-3-8-20-18(24)14(2)22-9-11-23(12-10-22)19(25)17-13-15-6-4-5-7-16(15)21-17/h3-7,13-14,21H,1,8-12H2,2H3,(H,20,24). The van der Waals surface area contributed by atoms with Gasteiger partial charge in [0.2, 0.25) is 5.91 Å². The van der Waals surface area contributed by atoms with Crippen molar-refractivity contribution in [3.8, 4) is 0 Å². The summed E-state index contributed by atoms with van der Waals surface area (Å²) in [7, 11) is 0. The minimum absolute atomic E-state index is 0.00436. The van der Waals surface area contributed by atoms with Gasteiger partial charge in [0.15, 0.2) is 0 Å². The molecule has 1 saturated heterocycles. The summed E-state index contributed by atoms with van der Waals surface area (Å²) in [6.07, 6.45) is 1.67. The third-order valence-corrected chi connectivity index (χ3v) is 4.71. The van der Waals surface area contributed by atoms with Crippen LogP contribution in [0.15, 0.2) is 43.0 Å². The first-order chi connectivity index (χ1) is 12.1. The Hall–Kier alpha value is -2.60. The molecule has 1 unspecified atom stereocenters. The summed E-state index contributed by atoms with van der Waals surface area (Å²) in [6, 6.07) is 9.56. The van der Waals surface area contributed by atoms with E-state index < -0.39 is 0 Å². The molecule has 2 amide bonds. The molecule has 0 aliphatic carbocycles. The van der Waals surface area contributed by atoms with Gasteiger partial charge in [0.05, 0.1) is 6.04 Å². The van der Waals surface area contributed by atoms with E-state index >= 15 is 0 Å². The summed E-state index contributed by atoms with van der Waals surface area (Å²) in [5.41, 5.74) is 1.59. The highest BCUT2D eigenvalue weighted by Crippen LogP contribution is 2.17. The fraction of sp³-hybridized carbons (Fsp3) is 0.368. The highest BCUT2D eigenvalue weighted by atomic mass is 16.2. The average molecular weight is 340 g/mol. The predicted molar refractivity (Wildman–Crippen MR) is 98.4 cm³/mol. The summed E-state index contributed by atoms with van der Waals surface area (Å²) in [5, 5.41) is 3.86. The van der Waals surface area contributed by atoms with Crippen molar-refractivity contribution in [2.24, 2.45) is 0 Å². The molecule has 2 aromatic rings. The Morgan fingerprint density at radius 1 is 1.28 bits per heavy atom. The van der Waals surface area contributed by atoms with Crippen molar-refractivity contribution >= 4 is 22.7 Å². The first-order valence-corrected chi connectivity index (χ1v) is 8.60. The topological polar surface area (TPSA) is 68.4 Å². The number of carbonyl (C=O) groups excluding carboxylic acids is 2. The second-order valence-electron chi connectivity index (χ2n) is 6.31. The van der Waals surface area contributed by atoms with Crippen LogP contribution in [-0.4, -0.2) is 65.4 Å². The highest BCUT2D eigenvalue weighted by molar-refractivity contribution is 5.98. The molecule has 3 rings (SSSR count). The fourth-order valence-corrected chi connectivity index (χ4v) is 3.16. The number of nitrogens with zero attached hydrogens (tertiary/aromatic N) is 2. The van der Waals surface area contributed by atoms with Crippen molar-refractivity contribution in [1.82, 2.24) is 20.1 Å². The molecule has 0 radical (unpaired) electrons. The summed E-state index contributed by atoms with van der Waals surface area (Å²) in [5.74, 6) is 0.00917. The zero-order chi connectivity index (χ0) is 17.8. The molecule has 0 saturated carbocycles. The van der Waals surface area contributed by atoms with Gasteiger partial charge in [-0.3, -0.25) is 14.5 Å². The number of para-hydroxylation sites is 1. The van der Waals surface area contributed by atoms with Gasteiger partial charge in [-0.05, 0) is 19.1 Å².